The van der Waals surface area contributed by atoms with Crippen molar-refractivity contribution in [3.8, 4) is 11.5 Å². The van der Waals surface area contributed by atoms with Gasteiger partial charge in [-0.2, -0.15) is 0 Å². The summed E-state index contributed by atoms with van der Waals surface area (Å²) in [5.74, 6) is 1.16. The molecule has 1 atom stereocenters. The molecule has 1 aliphatic rings. The van der Waals surface area contributed by atoms with Gasteiger partial charge >= 0.3 is 0 Å². The van der Waals surface area contributed by atoms with Crippen molar-refractivity contribution in [1.82, 2.24) is 5.32 Å². The van der Waals surface area contributed by atoms with Crippen LogP contribution in [0.5, 0.6) is 11.5 Å². The molecular weight excluding hydrogens is 354 g/mol. The second kappa shape index (κ2) is 9.92. The minimum atomic E-state index is -0.755. The Hall–Kier alpha value is -2.08. The highest BCUT2D eigenvalue weighted by Crippen LogP contribution is 2.41. The Bertz CT molecular complexity index is 706. The third kappa shape index (κ3) is 4.85. The first-order valence-electron chi connectivity index (χ1n) is 9.92. The number of rotatable bonds is 10. The highest BCUT2D eigenvalue weighted by molar-refractivity contribution is 5.40. The molecule has 5 nitrogen and oxygen atoms in total. The summed E-state index contributed by atoms with van der Waals surface area (Å²) in [6.07, 6.45) is 2.80. The molecule has 0 bridgehead atoms. The van der Waals surface area contributed by atoms with E-state index < -0.39 is 5.79 Å². The SMILES string of the molecule is CNCCC(CCC1(c2cc(OC)cc(OC)c2)OCCO1)c1ccccc1. The van der Waals surface area contributed by atoms with Gasteiger partial charge in [-0.1, -0.05) is 30.3 Å². The first-order chi connectivity index (χ1) is 13.7. The van der Waals surface area contributed by atoms with Crippen LogP contribution in [-0.4, -0.2) is 41.0 Å². The van der Waals surface area contributed by atoms with Crippen molar-refractivity contribution in [3.63, 3.8) is 0 Å². The molecule has 3 rings (SSSR count). The second-order valence-electron chi connectivity index (χ2n) is 7.09. The molecule has 0 spiro atoms. The smallest absolute Gasteiger partial charge is 0.195 e. The van der Waals surface area contributed by atoms with E-state index >= 15 is 0 Å². The minimum Gasteiger partial charge on any atom is -0.497 e. The van der Waals surface area contributed by atoms with Crippen molar-refractivity contribution >= 4 is 0 Å². The van der Waals surface area contributed by atoms with Crippen LogP contribution in [0.3, 0.4) is 0 Å². The molecule has 0 aromatic heterocycles. The van der Waals surface area contributed by atoms with Crippen LogP contribution in [0, 0.1) is 0 Å². The number of ether oxygens (including phenoxy) is 4. The molecule has 0 radical (unpaired) electrons. The Balaban J connectivity index is 1.83. The number of hydrogen-bond donors (Lipinski definition) is 1. The van der Waals surface area contributed by atoms with Gasteiger partial charge in [0.1, 0.15) is 11.5 Å². The summed E-state index contributed by atoms with van der Waals surface area (Å²) in [5.41, 5.74) is 2.30. The van der Waals surface area contributed by atoms with E-state index in [0.717, 1.165) is 42.9 Å². The van der Waals surface area contributed by atoms with Gasteiger partial charge in [-0.15, -0.1) is 0 Å². The van der Waals surface area contributed by atoms with Crippen molar-refractivity contribution in [3.05, 3.63) is 59.7 Å². The van der Waals surface area contributed by atoms with Gasteiger partial charge in [-0.3, -0.25) is 0 Å². The average Bonchev–Trinajstić information content (AvgIpc) is 3.24. The fourth-order valence-electron chi connectivity index (χ4n) is 3.82. The fraction of sp³-hybridized carbons (Fsp3) is 0.478. The van der Waals surface area contributed by atoms with Crippen LogP contribution in [0.4, 0.5) is 0 Å². The van der Waals surface area contributed by atoms with E-state index in [2.05, 4.69) is 35.6 Å². The lowest BCUT2D eigenvalue weighted by molar-refractivity contribution is -0.172. The summed E-state index contributed by atoms with van der Waals surface area (Å²) in [7, 11) is 5.31. The largest absolute Gasteiger partial charge is 0.497 e. The van der Waals surface area contributed by atoms with Gasteiger partial charge < -0.3 is 24.3 Å². The normalized spacial score (nSPS) is 16.7. The van der Waals surface area contributed by atoms with Crippen LogP contribution in [0.1, 0.15) is 36.3 Å². The molecule has 1 fully saturated rings. The van der Waals surface area contributed by atoms with Crippen molar-refractivity contribution in [2.45, 2.75) is 31.0 Å². The molecule has 28 heavy (non-hydrogen) atoms. The van der Waals surface area contributed by atoms with Crippen LogP contribution < -0.4 is 14.8 Å². The molecule has 1 N–H and O–H groups in total. The first-order valence-corrected chi connectivity index (χ1v) is 9.92. The van der Waals surface area contributed by atoms with Gasteiger partial charge in [0, 0.05) is 18.1 Å². The highest BCUT2D eigenvalue weighted by atomic mass is 16.7. The van der Waals surface area contributed by atoms with Crippen LogP contribution in [0.25, 0.3) is 0 Å². The molecule has 152 valence electrons. The topological polar surface area (TPSA) is 49.0 Å². The maximum absolute atomic E-state index is 6.17. The van der Waals surface area contributed by atoms with Crippen molar-refractivity contribution in [1.29, 1.82) is 0 Å². The molecular formula is C23H31NO4. The summed E-state index contributed by atoms with van der Waals surface area (Å²) < 4.78 is 23.2. The zero-order chi connectivity index (χ0) is 19.8. The third-order valence-electron chi connectivity index (χ3n) is 5.38. The fourth-order valence-corrected chi connectivity index (χ4v) is 3.82. The van der Waals surface area contributed by atoms with Gasteiger partial charge in [0.25, 0.3) is 0 Å². The van der Waals surface area contributed by atoms with E-state index in [4.69, 9.17) is 18.9 Å². The van der Waals surface area contributed by atoms with Crippen LogP contribution in [0.15, 0.2) is 48.5 Å². The number of nitrogens with one attached hydrogen (secondary N) is 1. The predicted molar refractivity (Wildman–Crippen MR) is 110 cm³/mol. The standard InChI is InChI=1S/C23H31NO4/c1-24-12-10-19(18-7-5-4-6-8-18)9-11-23(27-13-14-28-23)20-15-21(25-2)17-22(16-20)26-3/h4-8,15-17,19,24H,9-14H2,1-3H3. The molecule has 1 aliphatic heterocycles. The quantitative estimate of drug-likeness (QED) is 0.668. The lowest BCUT2D eigenvalue weighted by atomic mass is 9.87. The monoisotopic (exact) mass is 385 g/mol. The van der Waals surface area contributed by atoms with Gasteiger partial charge in [-0.25, -0.2) is 0 Å². The molecule has 2 aromatic carbocycles. The lowest BCUT2D eigenvalue weighted by Crippen LogP contribution is -2.28. The van der Waals surface area contributed by atoms with Crippen molar-refractivity contribution < 1.29 is 18.9 Å². The van der Waals surface area contributed by atoms with E-state index in [9.17, 15) is 0 Å². The van der Waals surface area contributed by atoms with Crippen LogP contribution in [0.2, 0.25) is 0 Å². The molecule has 0 saturated carbocycles. The van der Waals surface area contributed by atoms with E-state index in [1.54, 1.807) is 14.2 Å². The summed E-state index contributed by atoms with van der Waals surface area (Å²) in [6, 6.07) is 16.5. The van der Waals surface area contributed by atoms with Gasteiger partial charge in [0.2, 0.25) is 0 Å². The molecule has 1 saturated heterocycles. The Morgan fingerprint density at radius 1 is 0.964 bits per heavy atom. The molecule has 0 amide bonds. The van der Waals surface area contributed by atoms with Crippen molar-refractivity contribution in [2.75, 3.05) is 41.0 Å². The molecule has 2 aromatic rings. The van der Waals surface area contributed by atoms with E-state index in [1.165, 1.54) is 5.56 Å². The summed E-state index contributed by atoms with van der Waals surface area (Å²) in [6.45, 7) is 2.15. The van der Waals surface area contributed by atoms with Gasteiger partial charge in [0.15, 0.2) is 5.79 Å². The highest BCUT2D eigenvalue weighted by Gasteiger charge is 2.39. The number of benzene rings is 2. The molecule has 5 heteroatoms. The lowest BCUT2D eigenvalue weighted by Gasteiger charge is -2.30. The van der Waals surface area contributed by atoms with Gasteiger partial charge in [0.05, 0.1) is 27.4 Å². The third-order valence-corrected chi connectivity index (χ3v) is 5.38. The van der Waals surface area contributed by atoms with E-state index in [0.29, 0.717) is 19.1 Å². The molecule has 1 unspecified atom stereocenters. The maximum Gasteiger partial charge on any atom is 0.195 e. The summed E-state index contributed by atoms with van der Waals surface area (Å²) >= 11 is 0. The van der Waals surface area contributed by atoms with E-state index in [1.807, 2.05) is 25.2 Å². The molecule has 1 heterocycles. The zero-order valence-electron chi connectivity index (χ0n) is 17.1. The van der Waals surface area contributed by atoms with Gasteiger partial charge in [-0.05, 0) is 50.0 Å². The maximum atomic E-state index is 6.17. The Labute approximate surface area is 168 Å². The zero-order valence-corrected chi connectivity index (χ0v) is 17.1. The summed E-state index contributed by atoms with van der Waals surface area (Å²) in [4.78, 5) is 0. The second-order valence-corrected chi connectivity index (χ2v) is 7.09. The summed E-state index contributed by atoms with van der Waals surface area (Å²) in [5, 5.41) is 3.27. The predicted octanol–water partition coefficient (Wildman–Crippen LogP) is 4.08. The molecule has 0 aliphatic carbocycles. The number of hydrogen-bond acceptors (Lipinski definition) is 5. The van der Waals surface area contributed by atoms with Crippen LogP contribution >= 0.6 is 0 Å². The number of methoxy groups -OCH3 is 2. The average molecular weight is 386 g/mol. The Kier molecular flexibility index (Phi) is 7.31. The first kappa shape index (κ1) is 20.6. The van der Waals surface area contributed by atoms with E-state index in [-0.39, 0.29) is 0 Å². The van der Waals surface area contributed by atoms with Crippen molar-refractivity contribution in [2.24, 2.45) is 0 Å². The Morgan fingerprint density at radius 2 is 1.61 bits per heavy atom. The minimum absolute atomic E-state index is 0.436. The van der Waals surface area contributed by atoms with Crippen LogP contribution in [-0.2, 0) is 15.3 Å². The Morgan fingerprint density at radius 3 is 2.18 bits per heavy atom.